The smallest absolute Gasteiger partial charge is 0.187 e. The number of benzene rings is 3. The Morgan fingerprint density at radius 3 is 1.92 bits per heavy atom. The lowest BCUT2D eigenvalue weighted by atomic mass is 9.82. The van der Waals surface area contributed by atoms with Gasteiger partial charge in [0.25, 0.3) is 0 Å². The van der Waals surface area contributed by atoms with Gasteiger partial charge < -0.3 is 0 Å². The molecule has 1 heteroatoms. The second-order valence-corrected chi connectivity index (χ2v) is 5.80. The first-order chi connectivity index (χ1) is 11.8. The largest absolute Gasteiger partial charge is 0.289 e. The molecule has 0 N–H and O–H groups in total. The molecule has 0 atom stereocenters. The molecule has 0 bridgehead atoms. The van der Waals surface area contributed by atoms with Crippen molar-refractivity contribution < 1.29 is 4.79 Å². The summed E-state index contributed by atoms with van der Waals surface area (Å²) in [5.41, 5.74) is 6.00. The Labute approximate surface area is 141 Å². The summed E-state index contributed by atoms with van der Waals surface area (Å²) in [5.74, 6) is 0.0645. The third-order valence-corrected chi connectivity index (χ3v) is 4.24. The Hall–Kier alpha value is -3.19. The van der Waals surface area contributed by atoms with Crippen molar-refractivity contribution in [3.05, 3.63) is 113 Å². The summed E-state index contributed by atoms with van der Waals surface area (Å²) >= 11 is 0. The third kappa shape index (κ3) is 2.61. The molecular formula is C23H16O. The molecular weight excluding hydrogens is 292 g/mol. The van der Waals surface area contributed by atoms with E-state index in [1.54, 1.807) is 6.08 Å². The summed E-state index contributed by atoms with van der Waals surface area (Å²) in [7, 11) is 0. The summed E-state index contributed by atoms with van der Waals surface area (Å²) in [6, 6.07) is 28.1. The van der Waals surface area contributed by atoms with E-state index in [4.69, 9.17) is 0 Å². The van der Waals surface area contributed by atoms with E-state index in [-0.39, 0.29) is 5.78 Å². The summed E-state index contributed by atoms with van der Waals surface area (Å²) in [6.45, 7) is 0. The van der Waals surface area contributed by atoms with Crippen molar-refractivity contribution in [1.29, 1.82) is 0 Å². The second-order valence-electron chi connectivity index (χ2n) is 5.80. The lowest BCUT2D eigenvalue weighted by Crippen LogP contribution is -2.08. The highest BCUT2D eigenvalue weighted by atomic mass is 16.1. The number of carbonyl (C=O) groups is 1. The molecule has 1 aliphatic carbocycles. The van der Waals surface area contributed by atoms with Crippen molar-refractivity contribution in [1.82, 2.24) is 0 Å². The van der Waals surface area contributed by atoms with Crippen molar-refractivity contribution >= 4 is 23.0 Å². The monoisotopic (exact) mass is 308 g/mol. The number of rotatable bonds is 2. The maximum absolute atomic E-state index is 12.6. The van der Waals surface area contributed by atoms with Crippen LogP contribution in [-0.2, 0) is 0 Å². The predicted octanol–water partition coefficient (Wildman–Crippen LogP) is 5.51. The van der Waals surface area contributed by atoms with Crippen molar-refractivity contribution in [2.45, 2.75) is 0 Å². The van der Waals surface area contributed by atoms with Gasteiger partial charge in [0.2, 0.25) is 0 Å². The average Bonchev–Trinajstić information content (AvgIpc) is 2.65. The Morgan fingerprint density at radius 1 is 0.625 bits per heavy atom. The van der Waals surface area contributed by atoms with Crippen LogP contribution < -0.4 is 0 Å². The molecule has 4 rings (SSSR count). The lowest BCUT2D eigenvalue weighted by molar-refractivity contribution is 0.104. The van der Waals surface area contributed by atoms with Gasteiger partial charge in [0.05, 0.1) is 0 Å². The van der Waals surface area contributed by atoms with Crippen molar-refractivity contribution in [2.75, 3.05) is 0 Å². The highest BCUT2D eigenvalue weighted by Crippen LogP contribution is 2.38. The SMILES string of the molecule is O=C1C=C(c2ccccc2)/C(=C/c2ccccc2)c2ccccc21. The van der Waals surface area contributed by atoms with Crippen LogP contribution in [0.25, 0.3) is 17.2 Å². The number of allylic oxidation sites excluding steroid dienone is 3. The zero-order chi connectivity index (χ0) is 16.4. The standard InChI is InChI=1S/C23H16O/c24-23-16-21(18-11-5-2-6-12-18)22(15-17-9-3-1-4-10-17)19-13-7-8-14-20(19)23/h1-16H/b22-15+. The van der Waals surface area contributed by atoms with Gasteiger partial charge in [0.1, 0.15) is 0 Å². The molecule has 1 nitrogen and oxygen atoms in total. The zero-order valence-electron chi connectivity index (χ0n) is 13.1. The molecule has 0 aliphatic heterocycles. The van der Waals surface area contributed by atoms with Crippen LogP contribution in [0, 0.1) is 0 Å². The molecule has 0 fully saturated rings. The van der Waals surface area contributed by atoms with Crippen molar-refractivity contribution in [3.8, 4) is 0 Å². The Morgan fingerprint density at radius 2 is 1.21 bits per heavy atom. The molecule has 0 unspecified atom stereocenters. The number of ketones is 1. The van der Waals surface area contributed by atoms with E-state index in [1.165, 1.54) is 0 Å². The first-order valence-electron chi connectivity index (χ1n) is 8.01. The van der Waals surface area contributed by atoms with Crippen molar-refractivity contribution in [3.63, 3.8) is 0 Å². The van der Waals surface area contributed by atoms with Gasteiger partial charge in [-0.3, -0.25) is 4.79 Å². The van der Waals surface area contributed by atoms with E-state index < -0.39 is 0 Å². The van der Waals surface area contributed by atoms with Crippen LogP contribution in [0.2, 0.25) is 0 Å². The predicted molar refractivity (Wildman–Crippen MR) is 99.5 cm³/mol. The topological polar surface area (TPSA) is 17.1 Å². The Bertz CT molecular complexity index is 948. The highest BCUT2D eigenvalue weighted by Gasteiger charge is 2.22. The van der Waals surface area contributed by atoms with Gasteiger partial charge in [0, 0.05) is 5.56 Å². The van der Waals surface area contributed by atoms with E-state index in [9.17, 15) is 4.79 Å². The van der Waals surface area contributed by atoms with Gasteiger partial charge in [0.15, 0.2) is 5.78 Å². The fraction of sp³-hybridized carbons (Fsp3) is 0. The fourth-order valence-electron chi connectivity index (χ4n) is 3.09. The fourth-order valence-corrected chi connectivity index (χ4v) is 3.09. The molecule has 0 saturated carbocycles. The van der Waals surface area contributed by atoms with Gasteiger partial charge in [-0.2, -0.15) is 0 Å². The average molecular weight is 308 g/mol. The van der Waals surface area contributed by atoms with Gasteiger partial charge in [-0.15, -0.1) is 0 Å². The molecule has 0 heterocycles. The minimum Gasteiger partial charge on any atom is -0.289 e. The van der Waals surface area contributed by atoms with Crippen molar-refractivity contribution in [2.24, 2.45) is 0 Å². The zero-order valence-corrected chi connectivity index (χ0v) is 13.1. The number of hydrogen-bond acceptors (Lipinski definition) is 1. The number of fused-ring (bicyclic) bond motifs is 1. The van der Waals surface area contributed by atoms with E-state index >= 15 is 0 Å². The third-order valence-electron chi connectivity index (χ3n) is 4.24. The van der Waals surface area contributed by atoms with Crippen LogP contribution in [-0.4, -0.2) is 5.78 Å². The van der Waals surface area contributed by atoms with E-state index in [1.807, 2.05) is 72.8 Å². The summed E-state index contributed by atoms with van der Waals surface area (Å²) < 4.78 is 0. The maximum atomic E-state index is 12.6. The first-order valence-corrected chi connectivity index (χ1v) is 8.01. The Kier molecular flexibility index (Phi) is 3.68. The molecule has 3 aromatic carbocycles. The molecule has 0 spiro atoms. The van der Waals surface area contributed by atoms with Gasteiger partial charge >= 0.3 is 0 Å². The molecule has 0 saturated heterocycles. The molecule has 0 amide bonds. The maximum Gasteiger partial charge on any atom is 0.187 e. The molecule has 114 valence electrons. The van der Waals surface area contributed by atoms with Crippen LogP contribution in [0.5, 0.6) is 0 Å². The summed E-state index contributed by atoms with van der Waals surface area (Å²) in [5, 5.41) is 0. The lowest BCUT2D eigenvalue weighted by Gasteiger charge is -2.20. The molecule has 0 radical (unpaired) electrons. The Balaban J connectivity index is 1.95. The van der Waals surface area contributed by atoms with Crippen LogP contribution in [0.1, 0.15) is 27.0 Å². The van der Waals surface area contributed by atoms with Crippen LogP contribution in [0.15, 0.2) is 91.0 Å². The minimum absolute atomic E-state index is 0.0645. The van der Waals surface area contributed by atoms with Gasteiger partial charge in [-0.1, -0.05) is 84.9 Å². The van der Waals surface area contributed by atoms with Crippen LogP contribution in [0.4, 0.5) is 0 Å². The number of carbonyl (C=O) groups excluding carboxylic acids is 1. The van der Waals surface area contributed by atoms with E-state index in [0.717, 1.165) is 33.4 Å². The summed E-state index contributed by atoms with van der Waals surface area (Å²) in [6.07, 6.45) is 3.91. The minimum atomic E-state index is 0.0645. The summed E-state index contributed by atoms with van der Waals surface area (Å²) in [4.78, 5) is 12.6. The quantitative estimate of drug-likeness (QED) is 0.610. The van der Waals surface area contributed by atoms with Gasteiger partial charge in [-0.25, -0.2) is 0 Å². The molecule has 0 aromatic heterocycles. The second kappa shape index (κ2) is 6.13. The van der Waals surface area contributed by atoms with Gasteiger partial charge in [-0.05, 0) is 40.0 Å². The highest BCUT2D eigenvalue weighted by molar-refractivity contribution is 6.26. The van der Waals surface area contributed by atoms with E-state index in [2.05, 4.69) is 18.2 Å². The van der Waals surface area contributed by atoms with Crippen LogP contribution in [0.3, 0.4) is 0 Å². The number of hydrogen-bond donors (Lipinski definition) is 0. The first kappa shape index (κ1) is 14.4. The normalized spacial score (nSPS) is 15.1. The molecule has 3 aromatic rings. The molecule has 24 heavy (non-hydrogen) atoms. The van der Waals surface area contributed by atoms with E-state index in [0.29, 0.717) is 0 Å². The molecule has 1 aliphatic rings. The van der Waals surface area contributed by atoms with Crippen LogP contribution >= 0.6 is 0 Å².